The van der Waals surface area contributed by atoms with Crippen LogP contribution in [0.5, 0.6) is 11.5 Å². The molecule has 2 atom stereocenters. The molecule has 1 aliphatic carbocycles. The van der Waals surface area contributed by atoms with E-state index in [1.165, 1.54) is 32.1 Å². The van der Waals surface area contributed by atoms with Crippen molar-refractivity contribution in [3.63, 3.8) is 0 Å². The smallest absolute Gasteiger partial charge is 0.258 e. The number of ether oxygens (including phenoxy) is 2. The van der Waals surface area contributed by atoms with Crippen LogP contribution in [0, 0.1) is 5.92 Å². The third-order valence-corrected chi connectivity index (χ3v) is 8.27. The molecule has 38 heavy (non-hydrogen) atoms. The Morgan fingerprint density at radius 1 is 0.842 bits per heavy atom. The van der Waals surface area contributed by atoms with Crippen LogP contribution in [0.1, 0.15) is 61.7 Å². The first-order chi connectivity index (χ1) is 18.7. The molecule has 1 amide bonds. The van der Waals surface area contributed by atoms with E-state index in [1.807, 2.05) is 24.3 Å². The van der Waals surface area contributed by atoms with Gasteiger partial charge in [0, 0.05) is 17.3 Å². The Morgan fingerprint density at radius 2 is 1.61 bits per heavy atom. The number of benzene rings is 3. The number of hydrogen-bond acceptors (Lipinski definition) is 4. The number of hydrogen-bond donors (Lipinski definition) is 1. The Labute approximate surface area is 227 Å². The van der Waals surface area contributed by atoms with Gasteiger partial charge in [-0.05, 0) is 73.2 Å². The second-order valence-corrected chi connectivity index (χ2v) is 10.7. The lowest BCUT2D eigenvalue weighted by Gasteiger charge is -2.39. The number of carbonyl (C=O) groups excluding carboxylic acids is 1. The highest BCUT2D eigenvalue weighted by Gasteiger charge is 2.36. The molecule has 1 aliphatic heterocycles. The van der Waals surface area contributed by atoms with E-state index in [0.717, 1.165) is 42.6 Å². The molecule has 1 N–H and O–H groups in total. The molecule has 200 valence electrons. The molecular weight excluding hydrogens is 472 g/mol. The van der Waals surface area contributed by atoms with Gasteiger partial charge in [-0.2, -0.15) is 0 Å². The zero-order valence-corrected chi connectivity index (χ0v) is 22.7. The molecule has 5 heteroatoms. The summed E-state index contributed by atoms with van der Waals surface area (Å²) >= 11 is 0. The highest BCUT2D eigenvalue weighted by Crippen LogP contribution is 2.36. The van der Waals surface area contributed by atoms with Gasteiger partial charge in [-0.3, -0.25) is 4.79 Å². The maximum atomic E-state index is 14.5. The SMILES string of the molecule is COc1ccc(C(=O)N(c2cccc(-c3ccccc3)c2)[C@@H](CC2CCCCC2)C2CCCN2)cc1OC. The fourth-order valence-corrected chi connectivity index (χ4v) is 6.29. The minimum atomic E-state index is 0.00525. The van der Waals surface area contributed by atoms with Crippen molar-refractivity contribution in [2.45, 2.75) is 63.5 Å². The summed E-state index contributed by atoms with van der Waals surface area (Å²) in [6, 6.07) is 24.7. The summed E-state index contributed by atoms with van der Waals surface area (Å²) in [5.74, 6) is 1.84. The monoisotopic (exact) mass is 512 g/mol. The largest absolute Gasteiger partial charge is 0.493 e. The van der Waals surface area contributed by atoms with Gasteiger partial charge in [0.2, 0.25) is 0 Å². The number of rotatable bonds is 9. The van der Waals surface area contributed by atoms with Crippen molar-refractivity contribution >= 4 is 11.6 Å². The van der Waals surface area contributed by atoms with Crippen molar-refractivity contribution < 1.29 is 14.3 Å². The molecule has 1 saturated carbocycles. The molecule has 2 aliphatic rings. The van der Waals surface area contributed by atoms with E-state index in [0.29, 0.717) is 23.0 Å². The van der Waals surface area contributed by atoms with E-state index in [1.54, 1.807) is 14.2 Å². The Balaban J connectivity index is 1.58. The van der Waals surface area contributed by atoms with Crippen LogP contribution in [0.15, 0.2) is 72.8 Å². The minimum absolute atomic E-state index is 0.00525. The quantitative estimate of drug-likeness (QED) is 0.332. The number of nitrogens with one attached hydrogen (secondary N) is 1. The molecule has 5 nitrogen and oxygen atoms in total. The topological polar surface area (TPSA) is 50.8 Å². The summed E-state index contributed by atoms with van der Waals surface area (Å²) in [6.07, 6.45) is 9.69. The van der Waals surface area contributed by atoms with Crippen molar-refractivity contribution in [1.29, 1.82) is 0 Å². The predicted octanol–water partition coefficient (Wildman–Crippen LogP) is 7.11. The zero-order valence-electron chi connectivity index (χ0n) is 22.7. The van der Waals surface area contributed by atoms with Crippen LogP contribution in [0.4, 0.5) is 5.69 Å². The van der Waals surface area contributed by atoms with Crippen LogP contribution in [-0.2, 0) is 0 Å². The Bertz CT molecular complexity index is 1200. The normalized spacial score (nSPS) is 18.6. The van der Waals surface area contributed by atoms with Gasteiger partial charge in [0.15, 0.2) is 11.5 Å². The van der Waals surface area contributed by atoms with E-state index in [4.69, 9.17) is 9.47 Å². The zero-order chi connectivity index (χ0) is 26.3. The lowest BCUT2D eigenvalue weighted by atomic mass is 9.82. The molecule has 5 rings (SSSR count). The maximum absolute atomic E-state index is 14.5. The van der Waals surface area contributed by atoms with Crippen LogP contribution in [0.3, 0.4) is 0 Å². The van der Waals surface area contributed by atoms with Crippen LogP contribution in [-0.4, -0.2) is 38.8 Å². The molecule has 0 spiro atoms. The molecule has 3 aromatic carbocycles. The van der Waals surface area contributed by atoms with Crippen molar-refractivity contribution in [1.82, 2.24) is 5.32 Å². The van der Waals surface area contributed by atoms with Crippen LogP contribution in [0.25, 0.3) is 11.1 Å². The first-order valence-corrected chi connectivity index (χ1v) is 14.1. The van der Waals surface area contributed by atoms with Gasteiger partial charge < -0.3 is 19.7 Å². The molecule has 0 radical (unpaired) electrons. The summed E-state index contributed by atoms with van der Waals surface area (Å²) in [5, 5.41) is 3.75. The highest BCUT2D eigenvalue weighted by atomic mass is 16.5. The molecule has 0 aromatic heterocycles. The van der Waals surface area contributed by atoms with Gasteiger partial charge in [0.25, 0.3) is 5.91 Å². The van der Waals surface area contributed by atoms with E-state index in [-0.39, 0.29) is 18.0 Å². The van der Waals surface area contributed by atoms with Gasteiger partial charge in [-0.25, -0.2) is 0 Å². The summed E-state index contributed by atoms with van der Waals surface area (Å²) < 4.78 is 11.0. The van der Waals surface area contributed by atoms with Gasteiger partial charge in [0.05, 0.1) is 20.3 Å². The molecule has 1 heterocycles. The average Bonchev–Trinajstić information content (AvgIpc) is 3.52. The summed E-state index contributed by atoms with van der Waals surface area (Å²) in [5.41, 5.74) is 3.82. The summed E-state index contributed by atoms with van der Waals surface area (Å²) in [7, 11) is 3.23. The number of nitrogens with zero attached hydrogens (tertiary/aromatic N) is 1. The third-order valence-electron chi connectivity index (χ3n) is 8.27. The molecular formula is C33H40N2O3. The molecule has 1 saturated heterocycles. The first kappa shape index (κ1) is 26.3. The minimum Gasteiger partial charge on any atom is -0.493 e. The average molecular weight is 513 g/mol. The fourth-order valence-electron chi connectivity index (χ4n) is 6.29. The fraction of sp³-hybridized carbons (Fsp3) is 0.424. The Kier molecular flexibility index (Phi) is 8.65. The predicted molar refractivity (Wildman–Crippen MR) is 154 cm³/mol. The van der Waals surface area contributed by atoms with Gasteiger partial charge in [-0.15, -0.1) is 0 Å². The number of carbonyl (C=O) groups is 1. The molecule has 2 fully saturated rings. The number of anilines is 1. The highest BCUT2D eigenvalue weighted by molar-refractivity contribution is 6.07. The van der Waals surface area contributed by atoms with E-state index in [9.17, 15) is 4.79 Å². The second-order valence-electron chi connectivity index (χ2n) is 10.7. The first-order valence-electron chi connectivity index (χ1n) is 14.1. The van der Waals surface area contributed by atoms with Crippen molar-refractivity contribution in [2.75, 3.05) is 25.7 Å². The standard InChI is InChI=1S/C33H40N2O3/c1-37-31-19-18-27(23-32(31)38-2)33(36)35(28-16-9-15-26(22-28)25-13-7-4-8-14-25)30(29-17-10-20-34-29)21-24-11-5-3-6-12-24/h4,7-9,13-16,18-19,22-24,29-30,34H,3,5-6,10-12,17,20-21H2,1-2H3/t29?,30-/m0/s1. The third kappa shape index (κ3) is 5.88. The van der Waals surface area contributed by atoms with Crippen LogP contribution >= 0.6 is 0 Å². The summed E-state index contributed by atoms with van der Waals surface area (Å²) in [6.45, 7) is 1.01. The Hall–Kier alpha value is -3.31. The molecule has 0 bridgehead atoms. The van der Waals surface area contributed by atoms with Gasteiger partial charge in [0.1, 0.15) is 0 Å². The van der Waals surface area contributed by atoms with Gasteiger partial charge in [-0.1, -0.05) is 74.6 Å². The van der Waals surface area contributed by atoms with E-state index >= 15 is 0 Å². The van der Waals surface area contributed by atoms with Crippen molar-refractivity contribution in [3.8, 4) is 22.6 Å². The Morgan fingerprint density at radius 3 is 2.32 bits per heavy atom. The lowest BCUT2D eigenvalue weighted by Crippen LogP contribution is -2.51. The van der Waals surface area contributed by atoms with E-state index in [2.05, 4.69) is 58.7 Å². The lowest BCUT2D eigenvalue weighted by molar-refractivity contribution is 0.0964. The molecule has 1 unspecified atom stereocenters. The number of methoxy groups -OCH3 is 2. The number of amides is 1. The van der Waals surface area contributed by atoms with Gasteiger partial charge >= 0.3 is 0 Å². The van der Waals surface area contributed by atoms with Crippen molar-refractivity contribution in [2.24, 2.45) is 5.92 Å². The maximum Gasteiger partial charge on any atom is 0.258 e. The van der Waals surface area contributed by atoms with E-state index < -0.39 is 0 Å². The summed E-state index contributed by atoms with van der Waals surface area (Å²) in [4.78, 5) is 16.6. The second kappa shape index (κ2) is 12.5. The van der Waals surface area contributed by atoms with Crippen LogP contribution < -0.4 is 19.7 Å². The molecule has 3 aromatic rings. The van der Waals surface area contributed by atoms with Crippen molar-refractivity contribution in [3.05, 3.63) is 78.4 Å². The van der Waals surface area contributed by atoms with Crippen LogP contribution in [0.2, 0.25) is 0 Å².